The molecule has 0 spiro atoms. The summed E-state index contributed by atoms with van der Waals surface area (Å²) in [6.45, 7) is 2.38. The van der Waals surface area contributed by atoms with Crippen LogP contribution in [-0.4, -0.2) is 33.9 Å². The first-order valence-corrected chi connectivity index (χ1v) is 7.99. The summed E-state index contributed by atoms with van der Waals surface area (Å²) in [5.41, 5.74) is 2.24. The van der Waals surface area contributed by atoms with Crippen molar-refractivity contribution >= 4 is 18.3 Å². The van der Waals surface area contributed by atoms with Gasteiger partial charge < -0.3 is 15.7 Å². The number of halogens is 1. The SMILES string of the molecule is Cl.O=C(NCc1cccc(CO)c1)c1ccn(C2CCCNC2)n1. The molecule has 1 saturated heterocycles. The van der Waals surface area contributed by atoms with E-state index in [1.54, 1.807) is 6.07 Å². The predicted molar refractivity (Wildman–Crippen MR) is 94.2 cm³/mol. The van der Waals surface area contributed by atoms with Gasteiger partial charge in [0.15, 0.2) is 0 Å². The van der Waals surface area contributed by atoms with Crippen molar-refractivity contribution in [2.24, 2.45) is 0 Å². The van der Waals surface area contributed by atoms with Gasteiger partial charge in [-0.1, -0.05) is 24.3 Å². The molecule has 1 aliphatic rings. The first-order chi connectivity index (χ1) is 11.3. The van der Waals surface area contributed by atoms with Gasteiger partial charge in [0, 0.05) is 19.3 Å². The number of carbonyl (C=O) groups is 1. The highest BCUT2D eigenvalue weighted by Gasteiger charge is 2.17. The quantitative estimate of drug-likeness (QED) is 0.766. The van der Waals surface area contributed by atoms with E-state index in [4.69, 9.17) is 5.11 Å². The molecule has 1 unspecified atom stereocenters. The fraction of sp³-hybridized carbons (Fsp3) is 0.412. The molecule has 1 aliphatic heterocycles. The third-order valence-corrected chi connectivity index (χ3v) is 4.11. The van der Waals surface area contributed by atoms with Crippen molar-refractivity contribution in [2.75, 3.05) is 13.1 Å². The Morgan fingerprint density at radius 1 is 1.38 bits per heavy atom. The number of carbonyl (C=O) groups excluding carboxylic acids is 1. The number of amides is 1. The minimum absolute atomic E-state index is 0. The van der Waals surface area contributed by atoms with Gasteiger partial charge in [0.25, 0.3) is 5.91 Å². The Bertz CT molecular complexity index is 668. The normalized spacial score (nSPS) is 17.1. The number of hydrogen-bond acceptors (Lipinski definition) is 4. The average Bonchev–Trinajstić information content (AvgIpc) is 3.11. The second-order valence-electron chi connectivity index (χ2n) is 5.84. The van der Waals surface area contributed by atoms with Crippen molar-refractivity contribution in [1.29, 1.82) is 0 Å². The minimum atomic E-state index is -0.179. The average molecular weight is 351 g/mol. The van der Waals surface area contributed by atoms with Gasteiger partial charge in [0.1, 0.15) is 5.69 Å². The molecule has 2 heterocycles. The zero-order valence-corrected chi connectivity index (χ0v) is 14.3. The zero-order valence-electron chi connectivity index (χ0n) is 13.4. The smallest absolute Gasteiger partial charge is 0.272 e. The van der Waals surface area contributed by atoms with Crippen LogP contribution in [0, 0.1) is 0 Å². The van der Waals surface area contributed by atoms with Crippen LogP contribution in [0.5, 0.6) is 0 Å². The molecule has 1 atom stereocenters. The molecule has 3 rings (SSSR count). The molecule has 1 aromatic carbocycles. The third kappa shape index (κ3) is 4.56. The molecule has 1 fully saturated rings. The Labute approximate surface area is 147 Å². The number of rotatable bonds is 5. The van der Waals surface area contributed by atoms with E-state index in [0.717, 1.165) is 37.1 Å². The van der Waals surface area contributed by atoms with Gasteiger partial charge in [-0.15, -0.1) is 12.4 Å². The Hall–Kier alpha value is -1.89. The highest BCUT2D eigenvalue weighted by atomic mass is 35.5. The van der Waals surface area contributed by atoms with E-state index in [9.17, 15) is 4.79 Å². The molecule has 1 amide bonds. The number of nitrogens with zero attached hydrogens (tertiary/aromatic N) is 2. The molecule has 1 aromatic heterocycles. The summed E-state index contributed by atoms with van der Waals surface area (Å²) >= 11 is 0. The van der Waals surface area contributed by atoms with Gasteiger partial charge in [0.2, 0.25) is 0 Å². The number of aliphatic hydroxyl groups excluding tert-OH is 1. The Balaban J connectivity index is 0.00000208. The molecule has 0 radical (unpaired) electrons. The number of aromatic nitrogens is 2. The fourth-order valence-corrected chi connectivity index (χ4v) is 2.83. The highest BCUT2D eigenvalue weighted by Crippen LogP contribution is 2.15. The van der Waals surface area contributed by atoms with Crippen LogP contribution in [0.2, 0.25) is 0 Å². The van der Waals surface area contributed by atoms with Crippen LogP contribution in [0.15, 0.2) is 36.5 Å². The zero-order chi connectivity index (χ0) is 16.1. The molecule has 2 aromatic rings. The highest BCUT2D eigenvalue weighted by molar-refractivity contribution is 5.92. The maximum atomic E-state index is 12.2. The molecule has 3 N–H and O–H groups in total. The van der Waals surface area contributed by atoms with Gasteiger partial charge in [-0.2, -0.15) is 5.10 Å². The predicted octanol–water partition coefficient (Wildman–Crippen LogP) is 1.65. The van der Waals surface area contributed by atoms with Crippen LogP contribution in [-0.2, 0) is 13.2 Å². The lowest BCUT2D eigenvalue weighted by Gasteiger charge is -2.22. The standard InChI is InChI=1S/C17H22N4O2.ClH/c22-12-14-4-1-3-13(9-14)10-19-17(23)16-6-8-21(20-16)15-5-2-7-18-11-15;/h1,3-4,6,8-9,15,18,22H,2,5,7,10-12H2,(H,19,23);1H. The van der Waals surface area contributed by atoms with Crippen molar-refractivity contribution in [1.82, 2.24) is 20.4 Å². The maximum absolute atomic E-state index is 12.2. The summed E-state index contributed by atoms with van der Waals surface area (Å²) in [4.78, 5) is 12.2. The van der Waals surface area contributed by atoms with E-state index >= 15 is 0 Å². The lowest BCUT2D eigenvalue weighted by atomic mass is 10.1. The van der Waals surface area contributed by atoms with E-state index in [2.05, 4.69) is 15.7 Å². The Kier molecular flexibility index (Phi) is 6.78. The maximum Gasteiger partial charge on any atom is 0.272 e. The van der Waals surface area contributed by atoms with E-state index in [-0.39, 0.29) is 24.9 Å². The van der Waals surface area contributed by atoms with E-state index in [1.165, 1.54) is 0 Å². The van der Waals surface area contributed by atoms with Gasteiger partial charge in [0.05, 0.1) is 12.6 Å². The second kappa shape index (κ2) is 8.82. The minimum Gasteiger partial charge on any atom is -0.392 e. The summed E-state index contributed by atoms with van der Waals surface area (Å²) in [5, 5.41) is 19.8. The van der Waals surface area contributed by atoms with E-state index < -0.39 is 0 Å². The monoisotopic (exact) mass is 350 g/mol. The van der Waals surface area contributed by atoms with Gasteiger partial charge >= 0.3 is 0 Å². The largest absolute Gasteiger partial charge is 0.392 e. The van der Waals surface area contributed by atoms with Crippen LogP contribution >= 0.6 is 12.4 Å². The molecule has 7 heteroatoms. The van der Waals surface area contributed by atoms with Crippen LogP contribution < -0.4 is 10.6 Å². The number of hydrogen-bond donors (Lipinski definition) is 3. The Morgan fingerprint density at radius 3 is 2.96 bits per heavy atom. The molecule has 0 aliphatic carbocycles. The van der Waals surface area contributed by atoms with Crippen molar-refractivity contribution in [3.8, 4) is 0 Å². The summed E-state index contributed by atoms with van der Waals surface area (Å²) in [6.07, 6.45) is 4.09. The number of nitrogens with one attached hydrogen (secondary N) is 2. The summed E-state index contributed by atoms with van der Waals surface area (Å²) in [7, 11) is 0. The molecule has 0 saturated carbocycles. The molecule has 6 nitrogen and oxygen atoms in total. The van der Waals surface area contributed by atoms with Crippen molar-refractivity contribution in [3.05, 3.63) is 53.3 Å². The molecule has 24 heavy (non-hydrogen) atoms. The topological polar surface area (TPSA) is 79.2 Å². The molecule has 130 valence electrons. The first-order valence-electron chi connectivity index (χ1n) is 7.99. The van der Waals surface area contributed by atoms with E-state index in [1.807, 2.05) is 35.1 Å². The lowest BCUT2D eigenvalue weighted by molar-refractivity contribution is 0.0944. The van der Waals surface area contributed by atoms with Crippen LogP contribution in [0.25, 0.3) is 0 Å². The van der Waals surface area contributed by atoms with Crippen LogP contribution in [0.3, 0.4) is 0 Å². The summed E-state index contributed by atoms with van der Waals surface area (Å²) in [6, 6.07) is 9.61. The van der Waals surface area contributed by atoms with Crippen molar-refractivity contribution < 1.29 is 9.90 Å². The van der Waals surface area contributed by atoms with Crippen molar-refractivity contribution in [3.63, 3.8) is 0 Å². The summed E-state index contributed by atoms with van der Waals surface area (Å²) in [5.74, 6) is -0.179. The second-order valence-corrected chi connectivity index (χ2v) is 5.84. The fourth-order valence-electron chi connectivity index (χ4n) is 2.83. The van der Waals surface area contributed by atoms with Gasteiger partial charge in [-0.05, 0) is 36.6 Å². The number of benzene rings is 1. The van der Waals surface area contributed by atoms with Gasteiger partial charge in [-0.3, -0.25) is 9.48 Å². The number of piperidine rings is 1. The van der Waals surface area contributed by atoms with Crippen LogP contribution in [0.4, 0.5) is 0 Å². The number of aliphatic hydroxyl groups is 1. The van der Waals surface area contributed by atoms with Crippen molar-refractivity contribution in [2.45, 2.75) is 32.0 Å². The van der Waals surface area contributed by atoms with Gasteiger partial charge in [-0.25, -0.2) is 0 Å². The van der Waals surface area contributed by atoms with Crippen LogP contribution in [0.1, 0.15) is 40.5 Å². The summed E-state index contributed by atoms with van der Waals surface area (Å²) < 4.78 is 1.88. The van der Waals surface area contributed by atoms with E-state index in [0.29, 0.717) is 18.3 Å². The molecular weight excluding hydrogens is 328 g/mol. The molecule has 0 bridgehead atoms. The third-order valence-electron chi connectivity index (χ3n) is 4.11. The molecular formula is C17H23ClN4O2. The lowest BCUT2D eigenvalue weighted by Crippen LogP contribution is -2.32. The Morgan fingerprint density at radius 2 is 2.21 bits per heavy atom. The first kappa shape index (κ1) is 18.4.